The molecule has 1 aliphatic heterocycles. The van der Waals surface area contributed by atoms with Crippen molar-refractivity contribution >= 4 is 29.0 Å². The van der Waals surface area contributed by atoms with Crippen LogP contribution < -0.4 is 15.0 Å². The van der Waals surface area contributed by atoms with Crippen LogP contribution in [0.4, 0.5) is 5.69 Å². The summed E-state index contributed by atoms with van der Waals surface area (Å²) in [6.45, 7) is 2.02. The maximum Gasteiger partial charge on any atom is 0.335 e. The Balaban J connectivity index is 1.39. The van der Waals surface area contributed by atoms with Gasteiger partial charge < -0.3 is 24.6 Å². The largest absolute Gasteiger partial charge is 0.478 e. The molecule has 5 aromatic rings. The molecule has 2 aromatic heterocycles. The van der Waals surface area contributed by atoms with Crippen molar-refractivity contribution in [3.63, 3.8) is 0 Å². The van der Waals surface area contributed by atoms with Crippen molar-refractivity contribution in [2.75, 3.05) is 4.90 Å². The zero-order valence-corrected chi connectivity index (χ0v) is 22.5. The Morgan fingerprint density at radius 1 is 0.900 bits per heavy atom. The number of ether oxygens (including phenoxy) is 1. The van der Waals surface area contributed by atoms with Crippen LogP contribution in [0.1, 0.15) is 39.4 Å². The molecule has 2 atom stereocenters. The number of benzene rings is 3. The number of aromatic nitrogens is 2. The SMILES string of the molecule is Cc1ccccc1Oc1ccc(N2C(=S)N[C@H](c3ccccn3)[C@@H]2c2cccn2-c2ccc(C(=O)O)cc2)cc1. The molecule has 40 heavy (non-hydrogen) atoms. The highest BCUT2D eigenvalue weighted by Crippen LogP contribution is 2.42. The Kier molecular flexibility index (Phi) is 6.76. The summed E-state index contributed by atoms with van der Waals surface area (Å²) >= 11 is 5.89. The number of para-hydroxylation sites is 1. The topological polar surface area (TPSA) is 79.6 Å². The van der Waals surface area contributed by atoms with E-state index in [0.717, 1.165) is 39.8 Å². The van der Waals surface area contributed by atoms with Crippen molar-refractivity contribution in [1.29, 1.82) is 0 Å². The molecule has 0 bridgehead atoms. The van der Waals surface area contributed by atoms with Gasteiger partial charge in [-0.1, -0.05) is 24.3 Å². The van der Waals surface area contributed by atoms with E-state index < -0.39 is 5.97 Å². The smallest absolute Gasteiger partial charge is 0.335 e. The summed E-state index contributed by atoms with van der Waals surface area (Å²) in [6, 6.07) is 32.1. The van der Waals surface area contributed by atoms with E-state index in [2.05, 4.69) is 25.8 Å². The number of pyridine rings is 1. The van der Waals surface area contributed by atoms with Gasteiger partial charge >= 0.3 is 5.97 Å². The van der Waals surface area contributed by atoms with E-state index >= 15 is 0 Å². The number of nitrogens with one attached hydrogen (secondary N) is 1. The van der Waals surface area contributed by atoms with Crippen LogP contribution in [0.25, 0.3) is 5.69 Å². The highest BCUT2D eigenvalue weighted by Gasteiger charge is 2.42. The number of aromatic carboxylic acids is 1. The predicted molar refractivity (Wildman–Crippen MR) is 158 cm³/mol. The number of carbonyl (C=O) groups is 1. The van der Waals surface area contributed by atoms with Gasteiger partial charge in [-0.2, -0.15) is 0 Å². The molecular weight excluding hydrogens is 520 g/mol. The summed E-state index contributed by atoms with van der Waals surface area (Å²) in [6.07, 6.45) is 3.75. The Labute approximate surface area is 237 Å². The highest BCUT2D eigenvalue weighted by molar-refractivity contribution is 7.80. The van der Waals surface area contributed by atoms with Crippen LogP contribution in [0, 0.1) is 6.92 Å². The van der Waals surface area contributed by atoms with Crippen molar-refractivity contribution in [2.24, 2.45) is 0 Å². The second-order valence-electron chi connectivity index (χ2n) is 9.51. The maximum atomic E-state index is 11.4. The first-order valence-corrected chi connectivity index (χ1v) is 13.3. The number of carboxylic acid groups (broad SMARTS) is 1. The lowest BCUT2D eigenvalue weighted by Gasteiger charge is -2.29. The van der Waals surface area contributed by atoms with Crippen LogP contribution in [0.3, 0.4) is 0 Å². The minimum atomic E-state index is -0.958. The normalized spacial score (nSPS) is 16.5. The summed E-state index contributed by atoms with van der Waals surface area (Å²) in [5, 5.41) is 13.4. The van der Waals surface area contributed by atoms with Crippen LogP contribution in [-0.4, -0.2) is 25.7 Å². The molecule has 7 nitrogen and oxygen atoms in total. The molecule has 1 fully saturated rings. The van der Waals surface area contributed by atoms with Crippen molar-refractivity contribution in [3.8, 4) is 17.2 Å². The monoisotopic (exact) mass is 546 g/mol. The van der Waals surface area contributed by atoms with Crippen molar-refractivity contribution in [1.82, 2.24) is 14.9 Å². The van der Waals surface area contributed by atoms with Gasteiger partial charge in [0.25, 0.3) is 0 Å². The first-order chi connectivity index (χ1) is 19.5. The van der Waals surface area contributed by atoms with Gasteiger partial charge in [0.1, 0.15) is 17.5 Å². The van der Waals surface area contributed by atoms with Crippen molar-refractivity contribution in [2.45, 2.75) is 19.0 Å². The van der Waals surface area contributed by atoms with Gasteiger partial charge in [0.2, 0.25) is 0 Å². The molecule has 0 amide bonds. The predicted octanol–water partition coefficient (Wildman–Crippen LogP) is 6.85. The number of anilines is 1. The first kappa shape index (κ1) is 25.3. The molecule has 0 unspecified atom stereocenters. The molecule has 0 spiro atoms. The zero-order chi connectivity index (χ0) is 27.6. The fraction of sp³-hybridized carbons (Fsp3) is 0.0938. The van der Waals surface area contributed by atoms with Crippen LogP contribution >= 0.6 is 12.2 Å². The molecule has 6 rings (SSSR count). The number of nitrogens with zero attached hydrogens (tertiary/aromatic N) is 3. The third kappa shape index (κ3) is 4.81. The maximum absolute atomic E-state index is 11.4. The summed E-state index contributed by atoms with van der Waals surface area (Å²) < 4.78 is 8.18. The van der Waals surface area contributed by atoms with Crippen molar-refractivity contribution in [3.05, 3.63) is 138 Å². The Morgan fingerprint density at radius 3 is 2.33 bits per heavy atom. The van der Waals surface area contributed by atoms with E-state index in [0.29, 0.717) is 5.11 Å². The molecule has 1 aliphatic rings. The lowest BCUT2D eigenvalue weighted by molar-refractivity contribution is 0.0697. The van der Waals surface area contributed by atoms with E-state index in [9.17, 15) is 9.90 Å². The first-order valence-electron chi connectivity index (χ1n) is 12.8. The minimum Gasteiger partial charge on any atom is -0.478 e. The second-order valence-corrected chi connectivity index (χ2v) is 9.90. The van der Waals surface area contributed by atoms with Gasteiger partial charge in [-0.25, -0.2) is 4.79 Å². The van der Waals surface area contributed by atoms with Gasteiger partial charge in [0.05, 0.1) is 17.3 Å². The van der Waals surface area contributed by atoms with Gasteiger partial charge in [-0.15, -0.1) is 0 Å². The number of hydrogen-bond acceptors (Lipinski definition) is 4. The lowest BCUT2D eigenvalue weighted by atomic mass is 10.0. The van der Waals surface area contributed by atoms with Crippen LogP contribution in [0.15, 0.2) is 116 Å². The molecule has 0 saturated carbocycles. The molecule has 2 N–H and O–H groups in total. The standard InChI is InChI=1S/C32H26N4O3S/c1-21-7-2-3-10-28(21)39-25-17-15-24(16-18-25)36-30(29(34-32(36)40)26-8-4-5-19-33-26)27-9-6-20-35(27)23-13-11-22(12-14-23)31(37)38/h2-20,29-30H,1H3,(H,34,40)(H,37,38)/t29-,30+/m1/s1. The van der Waals surface area contributed by atoms with Gasteiger partial charge in [0.15, 0.2) is 5.11 Å². The van der Waals surface area contributed by atoms with E-state index in [1.165, 1.54) is 0 Å². The molecular formula is C32H26N4O3S. The number of hydrogen-bond donors (Lipinski definition) is 2. The lowest BCUT2D eigenvalue weighted by Crippen LogP contribution is -2.30. The summed E-state index contributed by atoms with van der Waals surface area (Å²) in [7, 11) is 0. The molecule has 0 radical (unpaired) electrons. The summed E-state index contributed by atoms with van der Waals surface area (Å²) in [4.78, 5) is 18.1. The van der Waals surface area contributed by atoms with Crippen LogP contribution in [0.5, 0.6) is 11.5 Å². The average molecular weight is 547 g/mol. The van der Waals surface area contributed by atoms with E-state index in [1.54, 1.807) is 18.3 Å². The fourth-order valence-corrected chi connectivity index (χ4v) is 5.39. The number of thiocarbonyl (C=S) groups is 1. The van der Waals surface area contributed by atoms with Gasteiger partial charge in [-0.3, -0.25) is 4.98 Å². The molecule has 198 valence electrons. The number of aryl methyl sites for hydroxylation is 1. The number of carboxylic acids is 1. The van der Waals surface area contributed by atoms with Crippen molar-refractivity contribution < 1.29 is 14.6 Å². The quantitative estimate of drug-likeness (QED) is 0.216. The van der Waals surface area contributed by atoms with E-state index in [1.807, 2.05) is 98.0 Å². The zero-order valence-electron chi connectivity index (χ0n) is 21.6. The van der Waals surface area contributed by atoms with Crippen LogP contribution in [0.2, 0.25) is 0 Å². The fourth-order valence-electron chi connectivity index (χ4n) is 5.04. The van der Waals surface area contributed by atoms with Gasteiger partial charge in [0, 0.05) is 29.5 Å². The average Bonchev–Trinajstić information content (AvgIpc) is 3.59. The second kappa shape index (κ2) is 10.7. The van der Waals surface area contributed by atoms with Gasteiger partial charge in [-0.05, 0) is 104 Å². The molecule has 0 aliphatic carbocycles. The third-order valence-corrected chi connectivity index (χ3v) is 7.32. The third-order valence-electron chi connectivity index (χ3n) is 7.01. The molecule has 1 saturated heterocycles. The highest BCUT2D eigenvalue weighted by atomic mass is 32.1. The molecule has 8 heteroatoms. The van der Waals surface area contributed by atoms with E-state index in [4.69, 9.17) is 17.0 Å². The van der Waals surface area contributed by atoms with E-state index in [-0.39, 0.29) is 17.6 Å². The molecule has 3 heterocycles. The molecule has 3 aromatic carbocycles. The minimum absolute atomic E-state index is 0.219. The Hall–Kier alpha value is -4.95. The Morgan fingerprint density at radius 2 is 1.62 bits per heavy atom. The summed E-state index contributed by atoms with van der Waals surface area (Å²) in [5.41, 5.74) is 4.91. The summed E-state index contributed by atoms with van der Waals surface area (Å²) in [5.74, 6) is 0.588. The number of rotatable bonds is 7. The van der Waals surface area contributed by atoms with Crippen LogP contribution in [-0.2, 0) is 0 Å². The Bertz CT molecular complexity index is 1670.